The van der Waals surface area contributed by atoms with E-state index in [4.69, 9.17) is 5.10 Å². The van der Waals surface area contributed by atoms with Gasteiger partial charge in [0, 0.05) is 12.1 Å². The minimum atomic E-state index is -0.237. The van der Waals surface area contributed by atoms with Gasteiger partial charge in [-0.15, -0.1) is 5.10 Å². The third-order valence-corrected chi connectivity index (χ3v) is 6.03. The number of carbonyl (C=O) groups is 1. The number of fused-ring (bicyclic) bond motifs is 2. The Morgan fingerprint density at radius 1 is 1.26 bits per heavy atom. The van der Waals surface area contributed by atoms with E-state index in [1.165, 1.54) is 5.56 Å². The van der Waals surface area contributed by atoms with E-state index in [-0.39, 0.29) is 23.2 Å². The van der Waals surface area contributed by atoms with Crippen LogP contribution in [0.2, 0.25) is 0 Å². The summed E-state index contributed by atoms with van der Waals surface area (Å²) in [4.78, 5) is 17.8. The minimum absolute atomic E-state index is 0.143. The molecule has 1 N–H and O–H groups in total. The van der Waals surface area contributed by atoms with Crippen molar-refractivity contribution in [3.63, 3.8) is 0 Å². The summed E-state index contributed by atoms with van der Waals surface area (Å²) < 4.78 is 1.91. The molecule has 0 fully saturated rings. The van der Waals surface area contributed by atoms with Crippen LogP contribution in [0.4, 0.5) is 5.95 Å². The van der Waals surface area contributed by atoms with E-state index in [9.17, 15) is 4.79 Å². The number of aryl methyl sites for hydroxylation is 1. The second-order valence-electron chi connectivity index (χ2n) is 7.97. The Labute approximate surface area is 164 Å². The maximum atomic E-state index is 13.1. The highest BCUT2D eigenvalue weighted by Crippen LogP contribution is 2.45. The van der Waals surface area contributed by atoms with Crippen LogP contribution >= 0.6 is 11.8 Å². The smallest absolute Gasteiger partial charge is 0.227 e. The summed E-state index contributed by atoms with van der Waals surface area (Å²) in [5, 5.41) is 8.88. The van der Waals surface area contributed by atoms with Crippen LogP contribution < -0.4 is 5.32 Å². The first-order valence-corrected chi connectivity index (χ1v) is 10.6. The van der Waals surface area contributed by atoms with Gasteiger partial charge in [-0.05, 0) is 28.7 Å². The molecular formula is C21H26N4OS. The van der Waals surface area contributed by atoms with E-state index in [1.54, 1.807) is 11.8 Å². The first kappa shape index (κ1) is 18.3. The summed E-state index contributed by atoms with van der Waals surface area (Å²) in [5.74, 6) is 1.67. The molecule has 1 aromatic carbocycles. The van der Waals surface area contributed by atoms with Crippen LogP contribution in [0.3, 0.4) is 0 Å². The molecule has 142 valence electrons. The number of hydrogen-bond acceptors (Lipinski definition) is 5. The van der Waals surface area contributed by atoms with E-state index < -0.39 is 0 Å². The van der Waals surface area contributed by atoms with Gasteiger partial charge in [0.25, 0.3) is 0 Å². The van der Waals surface area contributed by atoms with Crippen LogP contribution in [0.25, 0.3) is 0 Å². The molecule has 1 aromatic heterocycles. The van der Waals surface area contributed by atoms with E-state index in [1.807, 2.05) is 4.68 Å². The van der Waals surface area contributed by atoms with Gasteiger partial charge in [-0.25, -0.2) is 4.68 Å². The van der Waals surface area contributed by atoms with Crippen molar-refractivity contribution >= 4 is 23.5 Å². The van der Waals surface area contributed by atoms with Gasteiger partial charge in [0.15, 0.2) is 0 Å². The molecule has 2 heterocycles. The molecule has 6 heteroatoms. The first-order valence-electron chi connectivity index (χ1n) is 9.62. The number of aromatic nitrogens is 3. The van der Waals surface area contributed by atoms with Gasteiger partial charge in [0.05, 0.1) is 12.0 Å². The fraction of sp³-hybridized carbons (Fsp3) is 0.476. The van der Waals surface area contributed by atoms with Gasteiger partial charge in [0.1, 0.15) is 5.78 Å². The van der Waals surface area contributed by atoms with Gasteiger partial charge in [0.2, 0.25) is 11.1 Å². The van der Waals surface area contributed by atoms with Crippen molar-refractivity contribution in [2.45, 2.75) is 51.7 Å². The summed E-state index contributed by atoms with van der Waals surface area (Å²) in [6.07, 6.45) is 3.75. The zero-order valence-electron chi connectivity index (χ0n) is 16.3. The fourth-order valence-electron chi connectivity index (χ4n) is 4.08. The maximum Gasteiger partial charge on any atom is 0.227 e. The highest BCUT2D eigenvalue weighted by atomic mass is 32.2. The standard InChI is InChI=1S/C21H26N4OS/c1-5-13-7-9-14(10-8-13)18-17-15(11-21(3,4)12-16(17)26)22-19-23-20(27-6-2)24-25(18)19/h7-11,17-18H,5-6,12H2,1-4H3,(H,22,23,24)/t17-,18-/m0/s1. The summed E-state index contributed by atoms with van der Waals surface area (Å²) in [6.45, 7) is 8.46. The summed E-state index contributed by atoms with van der Waals surface area (Å²) in [7, 11) is 0. The zero-order chi connectivity index (χ0) is 19.2. The Balaban J connectivity index is 1.86. The van der Waals surface area contributed by atoms with Gasteiger partial charge >= 0.3 is 0 Å². The van der Waals surface area contributed by atoms with Gasteiger partial charge in [-0.2, -0.15) is 4.98 Å². The largest absolute Gasteiger partial charge is 0.328 e. The van der Waals surface area contributed by atoms with Gasteiger partial charge < -0.3 is 5.32 Å². The van der Waals surface area contributed by atoms with E-state index in [2.05, 4.69) is 68.3 Å². The molecule has 0 amide bonds. The predicted octanol–water partition coefficient (Wildman–Crippen LogP) is 4.47. The van der Waals surface area contributed by atoms with Crippen molar-refractivity contribution < 1.29 is 4.79 Å². The number of thioether (sulfide) groups is 1. The SMILES string of the molecule is CCSc1nc2n(n1)[C@@H](c1ccc(CC)cc1)[C@@H]1C(=O)CC(C)(C)C=C1N2. The van der Waals surface area contributed by atoms with Gasteiger partial charge in [-0.3, -0.25) is 4.79 Å². The number of nitrogens with zero attached hydrogens (tertiary/aromatic N) is 3. The van der Waals surface area contributed by atoms with Crippen LogP contribution in [-0.2, 0) is 11.2 Å². The number of benzene rings is 1. The number of ketones is 1. The number of allylic oxidation sites excluding steroid dienone is 2. The number of anilines is 1. The topological polar surface area (TPSA) is 59.8 Å². The molecule has 5 nitrogen and oxygen atoms in total. The number of hydrogen-bond donors (Lipinski definition) is 1. The Kier molecular flexibility index (Phi) is 4.62. The maximum absolute atomic E-state index is 13.1. The molecule has 0 saturated carbocycles. The lowest BCUT2D eigenvalue weighted by Gasteiger charge is -2.40. The lowest BCUT2D eigenvalue weighted by atomic mass is 9.72. The molecule has 2 aromatic rings. The van der Waals surface area contributed by atoms with E-state index in [0.717, 1.165) is 34.5 Å². The fourth-order valence-corrected chi connectivity index (χ4v) is 4.64. The normalized spacial score (nSPS) is 23.3. The lowest BCUT2D eigenvalue weighted by molar-refractivity contribution is -0.125. The van der Waals surface area contributed by atoms with E-state index >= 15 is 0 Å². The quantitative estimate of drug-likeness (QED) is 0.791. The number of Topliss-reactive ketones (excluding diaryl/α,β-unsaturated/α-hetero) is 1. The molecule has 27 heavy (non-hydrogen) atoms. The predicted molar refractivity (Wildman–Crippen MR) is 109 cm³/mol. The van der Waals surface area contributed by atoms with Crippen LogP contribution in [-0.4, -0.2) is 26.3 Å². The average Bonchev–Trinajstić information content (AvgIpc) is 3.01. The van der Waals surface area contributed by atoms with Crippen molar-refractivity contribution in [2.24, 2.45) is 11.3 Å². The second-order valence-corrected chi connectivity index (χ2v) is 9.20. The molecule has 2 atom stereocenters. The molecule has 0 radical (unpaired) electrons. The third-order valence-electron chi connectivity index (χ3n) is 5.31. The molecule has 0 spiro atoms. The molecule has 0 saturated heterocycles. The molecule has 1 aliphatic carbocycles. The highest BCUT2D eigenvalue weighted by Gasteiger charge is 2.45. The molecule has 0 bridgehead atoms. The van der Waals surface area contributed by atoms with Crippen molar-refractivity contribution in [3.8, 4) is 0 Å². The summed E-state index contributed by atoms with van der Waals surface area (Å²) >= 11 is 1.62. The van der Waals surface area contributed by atoms with Crippen LogP contribution in [0, 0.1) is 11.3 Å². The molecule has 2 aliphatic rings. The lowest BCUT2D eigenvalue weighted by Crippen LogP contribution is -2.42. The zero-order valence-corrected chi connectivity index (χ0v) is 17.1. The summed E-state index contributed by atoms with van der Waals surface area (Å²) in [6, 6.07) is 8.42. The van der Waals surface area contributed by atoms with Crippen LogP contribution in [0.1, 0.15) is 51.3 Å². The molecule has 1 aliphatic heterocycles. The first-order chi connectivity index (χ1) is 12.9. The minimum Gasteiger partial charge on any atom is -0.328 e. The van der Waals surface area contributed by atoms with Gasteiger partial charge in [-0.1, -0.05) is 69.8 Å². The van der Waals surface area contributed by atoms with Crippen LogP contribution in [0.5, 0.6) is 0 Å². The molecule has 0 unspecified atom stereocenters. The van der Waals surface area contributed by atoms with E-state index in [0.29, 0.717) is 6.42 Å². The Morgan fingerprint density at radius 2 is 2.00 bits per heavy atom. The molecule has 4 rings (SSSR count). The Hall–Kier alpha value is -2.08. The highest BCUT2D eigenvalue weighted by molar-refractivity contribution is 7.99. The Morgan fingerprint density at radius 3 is 2.67 bits per heavy atom. The average molecular weight is 383 g/mol. The number of carbonyl (C=O) groups excluding carboxylic acids is 1. The van der Waals surface area contributed by atoms with Crippen molar-refractivity contribution in [3.05, 3.63) is 47.2 Å². The monoisotopic (exact) mass is 382 g/mol. The second kappa shape index (κ2) is 6.82. The number of nitrogens with one attached hydrogen (secondary N) is 1. The third kappa shape index (κ3) is 3.31. The van der Waals surface area contributed by atoms with Crippen molar-refractivity contribution in [1.29, 1.82) is 0 Å². The van der Waals surface area contributed by atoms with Crippen LogP contribution in [0.15, 0.2) is 41.2 Å². The molecular weight excluding hydrogens is 356 g/mol. The van der Waals surface area contributed by atoms with Crippen molar-refractivity contribution in [1.82, 2.24) is 14.8 Å². The summed E-state index contributed by atoms with van der Waals surface area (Å²) in [5.41, 5.74) is 3.22. The van der Waals surface area contributed by atoms with Crippen molar-refractivity contribution in [2.75, 3.05) is 11.1 Å². The number of rotatable bonds is 4. The Bertz CT molecular complexity index is 897.